The van der Waals surface area contributed by atoms with E-state index in [0.717, 1.165) is 71.5 Å². The minimum atomic E-state index is 0.302. The van der Waals surface area contributed by atoms with E-state index in [4.69, 9.17) is 0 Å². The van der Waals surface area contributed by atoms with Crippen molar-refractivity contribution in [1.82, 2.24) is 14.7 Å². The molecule has 0 aromatic heterocycles. The molecular weight excluding hydrogens is 386 g/mol. The number of carbonyl (C=O) groups excluding carboxylic acids is 2. The Kier molecular flexibility index (Phi) is 13.9. The maximum Gasteiger partial charge on any atom is 0.223 e. The number of carbonyl (C=O) groups is 2. The number of unbranched alkanes of at least 4 members (excludes halogenated alkanes) is 9. The maximum absolute atomic E-state index is 12.5. The Balaban J connectivity index is 1.61. The normalized spacial score (nSPS) is 16.6. The summed E-state index contributed by atoms with van der Waals surface area (Å²) in [5, 5.41) is 0. The van der Waals surface area contributed by atoms with Gasteiger partial charge in [0.15, 0.2) is 0 Å². The smallest absolute Gasteiger partial charge is 0.223 e. The molecule has 0 saturated carbocycles. The van der Waals surface area contributed by atoms with Crippen molar-refractivity contribution in [2.45, 2.75) is 110 Å². The Hall–Kier alpha value is -1.10. The lowest BCUT2D eigenvalue weighted by Crippen LogP contribution is -2.36. The molecule has 2 saturated heterocycles. The molecule has 0 bridgehead atoms. The zero-order valence-electron chi connectivity index (χ0n) is 20.4. The van der Waals surface area contributed by atoms with Crippen molar-refractivity contribution >= 4 is 11.8 Å². The molecule has 2 fully saturated rings. The van der Waals surface area contributed by atoms with Gasteiger partial charge in [-0.05, 0) is 38.6 Å². The molecule has 2 aliphatic rings. The molecule has 2 amide bonds. The summed E-state index contributed by atoms with van der Waals surface area (Å²) in [6.07, 6.45) is 19.2. The fourth-order valence-electron chi connectivity index (χ4n) is 4.92. The third-order valence-electron chi connectivity index (χ3n) is 7.03. The Morgan fingerprint density at radius 1 is 0.581 bits per heavy atom. The summed E-state index contributed by atoms with van der Waals surface area (Å²) in [6.45, 7) is 8.65. The number of likely N-dealkylation sites (tertiary alicyclic amines) is 2. The van der Waals surface area contributed by atoms with Gasteiger partial charge in [-0.15, -0.1) is 0 Å². The highest BCUT2D eigenvalue weighted by Crippen LogP contribution is 2.13. The van der Waals surface area contributed by atoms with Crippen molar-refractivity contribution in [2.24, 2.45) is 0 Å². The highest BCUT2D eigenvalue weighted by Gasteiger charge is 2.21. The van der Waals surface area contributed by atoms with Crippen LogP contribution in [0.2, 0.25) is 0 Å². The van der Waals surface area contributed by atoms with Gasteiger partial charge in [0, 0.05) is 52.1 Å². The van der Waals surface area contributed by atoms with E-state index >= 15 is 0 Å². The summed E-state index contributed by atoms with van der Waals surface area (Å²) in [4.78, 5) is 31.4. The molecule has 0 aliphatic carbocycles. The summed E-state index contributed by atoms with van der Waals surface area (Å²) >= 11 is 0. The molecule has 5 nitrogen and oxygen atoms in total. The van der Waals surface area contributed by atoms with Gasteiger partial charge in [-0.3, -0.25) is 9.59 Å². The minimum Gasteiger partial charge on any atom is -0.343 e. The first kappa shape index (κ1) is 26.2. The number of nitrogens with zero attached hydrogens (tertiary/aromatic N) is 3. The third-order valence-corrected chi connectivity index (χ3v) is 7.03. The number of rotatable bonds is 17. The van der Waals surface area contributed by atoms with Crippen LogP contribution >= 0.6 is 0 Å². The predicted octanol–water partition coefficient (Wildman–Crippen LogP) is 5.23. The van der Waals surface area contributed by atoms with Crippen LogP contribution in [0.1, 0.15) is 110 Å². The minimum absolute atomic E-state index is 0.302. The summed E-state index contributed by atoms with van der Waals surface area (Å²) < 4.78 is 0. The second-order valence-corrected chi connectivity index (χ2v) is 9.70. The van der Waals surface area contributed by atoms with Crippen molar-refractivity contribution in [2.75, 3.05) is 45.8 Å². The van der Waals surface area contributed by atoms with Crippen molar-refractivity contribution < 1.29 is 9.59 Å². The summed E-state index contributed by atoms with van der Waals surface area (Å²) in [7, 11) is 0. The van der Waals surface area contributed by atoms with E-state index in [0.29, 0.717) is 24.7 Å². The van der Waals surface area contributed by atoms with Crippen LogP contribution in [0.25, 0.3) is 0 Å². The van der Waals surface area contributed by atoms with E-state index in [-0.39, 0.29) is 0 Å². The quantitative estimate of drug-likeness (QED) is 0.294. The van der Waals surface area contributed by atoms with Crippen LogP contribution in [0, 0.1) is 0 Å². The van der Waals surface area contributed by atoms with E-state index in [1.165, 1.54) is 64.2 Å². The van der Waals surface area contributed by atoms with Crippen LogP contribution in [0.4, 0.5) is 0 Å². The average Bonchev–Trinajstić information content (AvgIpc) is 3.50. The van der Waals surface area contributed by atoms with Crippen LogP contribution < -0.4 is 0 Å². The molecule has 31 heavy (non-hydrogen) atoms. The lowest BCUT2D eigenvalue weighted by Gasteiger charge is -2.24. The largest absolute Gasteiger partial charge is 0.343 e. The summed E-state index contributed by atoms with van der Waals surface area (Å²) in [6, 6.07) is 0. The first-order valence-corrected chi connectivity index (χ1v) is 13.5. The van der Waals surface area contributed by atoms with Crippen molar-refractivity contribution in [3.63, 3.8) is 0 Å². The molecule has 2 rings (SSSR count). The SMILES string of the molecule is CCCCCCCCCCCCN(CCC(=O)N1CCCC1)CCC(=O)N1CCCC1. The van der Waals surface area contributed by atoms with Gasteiger partial charge in [0.1, 0.15) is 0 Å². The Morgan fingerprint density at radius 2 is 0.968 bits per heavy atom. The van der Waals surface area contributed by atoms with Crippen molar-refractivity contribution in [1.29, 1.82) is 0 Å². The summed E-state index contributed by atoms with van der Waals surface area (Å²) in [5.41, 5.74) is 0. The predicted molar refractivity (Wildman–Crippen MR) is 129 cm³/mol. The molecule has 2 heterocycles. The summed E-state index contributed by atoms with van der Waals surface area (Å²) in [5.74, 6) is 0.605. The standard InChI is InChI=1S/C26H49N3O2/c1-2-3-4-5-6-7-8-9-10-11-18-27(23-16-25(30)28-19-12-13-20-28)24-17-26(31)29-21-14-15-22-29/h2-24H2,1H3. The van der Waals surface area contributed by atoms with Crippen LogP contribution in [0.15, 0.2) is 0 Å². The maximum atomic E-state index is 12.5. The molecule has 0 atom stereocenters. The third kappa shape index (κ3) is 11.4. The first-order chi connectivity index (χ1) is 15.2. The van der Waals surface area contributed by atoms with Gasteiger partial charge in [-0.2, -0.15) is 0 Å². The highest BCUT2D eigenvalue weighted by molar-refractivity contribution is 5.77. The topological polar surface area (TPSA) is 43.9 Å². The molecule has 180 valence electrons. The van der Waals surface area contributed by atoms with E-state index < -0.39 is 0 Å². The zero-order chi connectivity index (χ0) is 22.2. The fourth-order valence-corrected chi connectivity index (χ4v) is 4.92. The molecule has 0 N–H and O–H groups in total. The fraction of sp³-hybridized carbons (Fsp3) is 0.923. The lowest BCUT2D eigenvalue weighted by molar-refractivity contribution is -0.130. The molecule has 5 heteroatoms. The van der Waals surface area contributed by atoms with Crippen LogP contribution in [-0.4, -0.2) is 72.3 Å². The number of hydrogen-bond donors (Lipinski definition) is 0. The van der Waals surface area contributed by atoms with Crippen LogP contribution in [0.5, 0.6) is 0 Å². The second kappa shape index (κ2) is 16.5. The van der Waals surface area contributed by atoms with Gasteiger partial charge >= 0.3 is 0 Å². The molecule has 0 spiro atoms. The van der Waals surface area contributed by atoms with Gasteiger partial charge in [0.25, 0.3) is 0 Å². The van der Waals surface area contributed by atoms with Gasteiger partial charge < -0.3 is 14.7 Å². The zero-order valence-corrected chi connectivity index (χ0v) is 20.4. The number of hydrogen-bond acceptors (Lipinski definition) is 3. The average molecular weight is 436 g/mol. The first-order valence-electron chi connectivity index (χ1n) is 13.5. The van der Waals surface area contributed by atoms with Gasteiger partial charge in [0.05, 0.1) is 0 Å². The van der Waals surface area contributed by atoms with Crippen molar-refractivity contribution in [3.8, 4) is 0 Å². The van der Waals surface area contributed by atoms with Gasteiger partial charge in [-0.25, -0.2) is 0 Å². The monoisotopic (exact) mass is 435 g/mol. The van der Waals surface area contributed by atoms with E-state index in [2.05, 4.69) is 11.8 Å². The molecule has 0 aromatic rings. The highest BCUT2D eigenvalue weighted by atomic mass is 16.2. The van der Waals surface area contributed by atoms with Crippen LogP contribution in [-0.2, 0) is 9.59 Å². The number of amides is 2. The molecule has 2 aliphatic heterocycles. The second-order valence-electron chi connectivity index (χ2n) is 9.70. The van der Waals surface area contributed by atoms with Crippen LogP contribution in [0.3, 0.4) is 0 Å². The molecular formula is C26H49N3O2. The van der Waals surface area contributed by atoms with Gasteiger partial charge in [-0.1, -0.05) is 64.7 Å². The van der Waals surface area contributed by atoms with E-state index in [1.807, 2.05) is 9.80 Å². The van der Waals surface area contributed by atoms with E-state index in [1.54, 1.807) is 0 Å². The van der Waals surface area contributed by atoms with Gasteiger partial charge in [0.2, 0.25) is 11.8 Å². The van der Waals surface area contributed by atoms with Crippen molar-refractivity contribution in [3.05, 3.63) is 0 Å². The lowest BCUT2D eigenvalue weighted by atomic mass is 10.1. The molecule has 0 radical (unpaired) electrons. The Morgan fingerprint density at radius 3 is 1.39 bits per heavy atom. The Bertz CT molecular complexity index is 453. The van der Waals surface area contributed by atoms with E-state index in [9.17, 15) is 9.59 Å². The molecule has 0 aromatic carbocycles. The molecule has 0 unspecified atom stereocenters. The Labute approximate surface area is 191 Å².